The molecule has 0 bridgehead atoms. The number of carboxylic acids is 1. The lowest BCUT2D eigenvalue weighted by molar-refractivity contribution is -0.146. The summed E-state index contributed by atoms with van der Waals surface area (Å²) in [4.78, 5) is 120. The van der Waals surface area contributed by atoms with Crippen molar-refractivity contribution in [3.63, 3.8) is 0 Å². The Morgan fingerprint density at radius 1 is 0.821 bits per heavy atom. The second-order valence-electron chi connectivity index (χ2n) is 16.9. The molecule has 1 aromatic heterocycles. The number of phenolic OH excluding ortho intramolecular Hbond substituents is 1. The molecule has 2 aromatic rings. The first kappa shape index (κ1) is 54.6. The van der Waals surface area contributed by atoms with Gasteiger partial charge >= 0.3 is 5.97 Å². The number of likely N-dealkylation sites (N-methyl/N-ethyl adjacent to an activating group) is 1. The van der Waals surface area contributed by atoms with Gasteiger partial charge in [-0.25, -0.2) is 9.78 Å². The number of nitrogens with two attached hydrogens (primary N) is 2. The maximum absolute atomic E-state index is 14.4. The molecule has 3 rings (SSSR count). The molecule has 0 spiro atoms. The van der Waals surface area contributed by atoms with Crippen molar-refractivity contribution in [2.24, 2.45) is 28.3 Å². The molecule has 23 nitrogen and oxygen atoms in total. The van der Waals surface area contributed by atoms with Gasteiger partial charge in [0.1, 0.15) is 48.0 Å². The van der Waals surface area contributed by atoms with Gasteiger partial charge in [-0.15, -0.1) is 0 Å². The highest BCUT2D eigenvalue weighted by atomic mass is 16.4. The van der Waals surface area contributed by atoms with Gasteiger partial charge < -0.3 is 68.8 Å². The zero-order valence-electron chi connectivity index (χ0n) is 39.1. The van der Waals surface area contributed by atoms with Gasteiger partial charge in [0, 0.05) is 37.8 Å². The number of phenols is 1. The van der Waals surface area contributed by atoms with E-state index in [2.05, 4.69) is 52.2 Å². The van der Waals surface area contributed by atoms with Crippen molar-refractivity contribution in [1.29, 1.82) is 0 Å². The van der Waals surface area contributed by atoms with Gasteiger partial charge in [-0.1, -0.05) is 52.7 Å². The molecule has 23 heteroatoms. The molecular formula is C44H69N13O10. The van der Waals surface area contributed by atoms with E-state index in [1.54, 1.807) is 46.9 Å². The molecule has 14 N–H and O–H groups in total. The molecule has 370 valence electrons. The number of rotatable bonds is 27. The monoisotopic (exact) mass is 940 g/mol. The number of carboxylic acid groups (broad SMARTS) is 1. The molecule has 1 saturated heterocycles. The summed E-state index contributed by atoms with van der Waals surface area (Å²) in [5.74, 6) is -6.93. The summed E-state index contributed by atoms with van der Waals surface area (Å²) in [5, 5.41) is 38.5. The number of aliphatic imine (C=N–C) groups is 1. The Morgan fingerprint density at radius 3 is 2.06 bits per heavy atom. The van der Waals surface area contributed by atoms with Crippen molar-refractivity contribution in [3.05, 3.63) is 48.0 Å². The largest absolute Gasteiger partial charge is 0.508 e. The molecule has 1 aliphatic heterocycles. The van der Waals surface area contributed by atoms with Crippen LogP contribution in [0.25, 0.3) is 0 Å². The van der Waals surface area contributed by atoms with Crippen LogP contribution >= 0.6 is 0 Å². The highest BCUT2D eigenvalue weighted by Crippen LogP contribution is 2.21. The summed E-state index contributed by atoms with van der Waals surface area (Å²) in [6.45, 7) is 8.70. The van der Waals surface area contributed by atoms with Crippen molar-refractivity contribution >= 4 is 53.3 Å². The summed E-state index contributed by atoms with van der Waals surface area (Å²) < 4.78 is 0. The number of aromatic amines is 1. The van der Waals surface area contributed by atoms with E-state index in [0.717, 1.165) is 0 Å². The molecule has 1 aliphatic rings. The van der Waals surface area contributed by atoms with Gasteiger partial charge in [0.2, 0.25) is 41.4 Å². The van der Waals surface area contributed by atoms with Crippen molar-refractivity contribution in [1.82, 2.24) is 52.1 Å². The average molecular weight is 940 g/mol. The number of imidazole rings is 1. The number of guanidine groups is 1. The number of aliphatic carboxylic acids is 1. The SMILES string of the molecule is CC[C@H](C)[C@H](NC(=O)[C@@H]1CCCN1C(=O)[C@H](Cc1cnc[nH]1)NC(=O)[C@@H](NC(=O)[C@H](Cc1ccc(O)cc1)NC(=O)[C@H](C)NC(=O)[C@H](CCCN=C(N)N)NC(=O)CNC)[C@@H](C)CC)C(=O)O. The van der Waals surface area contributed by atoms with Crippen LogP contribution in [0.2, 0.25) is 0 Å². The molecule has 0 saturated carbocycles. The maximum atomic E-state index is 14.4. The zero-order valence-corrected chi connectivity index (χ0v) is 39.1. The van der Waals surface area contributed by atoms with Crippen LogP contribution in [0.4, 0.5) is 0 Å². The van der Waals surface area contributed by atoms with E-state index in [0.29, 0.717) is 36.9 Å². The molecule has 0 unspecified atom stereocenters. The molecule has 1 fully saturated rings. The van der Waals surface area contributed by atoms with E-state index in [4.69, 9.17) is 11.5 Å². The van der Waals surface area contributed by atoms with E-state index < -0.39 is 95.5 Å². The van der Waals surface area contributed by atoms with Crippen LogP contribution in [0.15, 0.2) is 41.8 Å². The highest BCUT2D eigenvalue weighted by molar-refractivity contribution is 5.98. The third-order valence-electron chi connectivity index (χ3n) is 11.7. The standard InChI is InChI=1S/C44H69N13O10/c1-7-24(3)35(41(64)54-32(20-28-21-48-23-50-28)42(65)57-18-10-12-33(57)40(63)56-36(43(66)67)25(4)8-2)55-39(62)31(19-27-13-15-29(58)16-14-27)53-37(60)26(5)51-38(61)30(52-34(59)22-47-6)11-9-17-49-44(45)46/h13-16,21,23-26,30-33,35-36,47,58H,7-12,17-20,22H2,1-6H3,(H,48,50)(H,51,61)(H,52,59)(H,53,60)(H,54,64)(H,55,62)(H,56,63)(H,66,67)(H4,45,46,49)/t24-,25-,26-,30-,31-,32-,33-,35-,36-/m0/s1. The lowest BCUT2D eigenvalue weighted by Crippen LogP contribution is -2.61. The smallest absolute Gasteiger partial charge is 0.326 e. The maximum Gasteiger partial charge on any atom is 0.326 e. The number of aromatic nitrogens is 2. The first-order valence-corrected chi connectivity index (χ1v) is 22.6. The number of hydrogen-bond acceptors (Lipinski definition) is 12. The van der Waals surface area contributed by atoms with Crippen molar-refractivity contribution in [2.45, 2.75) is 128 Å². The fourth-order valence-corrected chi connectivity index (χ4v) is 7.40. The first-order valence-electron chi connectivity index (χ1n) is 22.6. The molecule has 0 aliphatic carbocycles. The molecular weight excluding hydrogens is 871 g/mol. The predicted octanol–water partition coefficient (Wildman–Crippen LogP) is -1.73. The van der Waals surface area contributed by atoms with Crippen LogP contribution in [-0.4, -0.2) is 147 Å². The summed E-state index contributed by atoms with van der Waals surface area (Å²) in [5.41, 5.74) is 11.8. The van der Waals surface area contributed by atoms with Crippen LogP contribution in [0, 0.1) is 11.8 Å². The van der Waals surface area contributed by atoms with E-state index in [1.165, 1.54) is 36.5 Å². The number of carbonyl (C=O) groups is 8. The van der Waals surface area contributed by atoms with E-state index >= 15 is 0 Å². The van der Waals surface area contributed by atoms with Gasteiger partial charge in [0.25, 0.3) is 0 Å². The molecule has 2 heterocycles. The molecule has 9 atom stereocenters. The highest BCUT2D eigenvalue weighted by Gasteiger charge is 2.41. The number of hydrogen-bond donors (Lipinski definition) is 12. The van der Waals surface area contributed by atoms with Crippen molar-refractivity contribution < 1.29 is 48.6 Å². The molecule has 1 aromatic carbocycles. The minimum atomic E-state index is -1.34. The first-order chi connectivity index (χ1) is 31.8. The van der Waals surface area contributed by atoms with Crippen molar-refractivity contribution in [3.8, 4) is 5.75 Å². The quantitative estimate of drug-likeness (QED) is 0.0269. The summed E-state index contributed by atoms with van der Waals surface area (Å²) in [7, 11) is 1.56. The Bertz CT molecular complexity index is 2010. The molecule has 0 radical (unpaired) electrons. The van der Waals surface area contributed by atoms with Crippen LogP contribution in [-0.2, 0) is 51.2 Å². The lowest BCUT2D eigenvalue weighted by atomic mass is 9.96. The molecule has 67 heavy (non-hydrogen) atoms. The third-order valence-corrected chi connectivity index (χ3v) is 11.7. The Labute approximate surface area is 390 Å². The second-order valence-corrected chi connectivity index (χ2v) is 16.9. The Balaban J connectivity index is 1.87. The number of nitrogens with one attached hydrogen (secondary N) is 8. The van der Waals surface area contributed by atoms with Crippen LogP contribution in [0.3, 0.4) is 0 Å². The average Bonchev–Trinajstić information content (AvgIpc) is 4.01. The topological polar surface area (TPSA) is 358 Å². The zero-order chi connectivity index (χ0) is 49.8. The normalized spacial score (nSPS) is 16.9. The summed E-state index contributed by atoms with van der Waals surface area (Å²) in [6.07, 6.45) is 4.75. The van der Waals surface area contributed by atoms with E-state index in [9.17, 15) is 48.6 Å². The van der Waals surface area contributed by atoms with Gasteiger partial charge in [-0.3, -0.25) is 38.6 Å². The van der Waals surface area contributed by atoms with Crippen LogP contribution in [0.5, 0.6) is 5.75 Å². The van der Waals surface area contributed by atoms with Gasteiger partial charge in [-0.05, 0) is 69.2 Å². The van der Waals surface area contributed by atoms with Crippen LogP contribution < -0.4 is 48.7 Å². The van der Waals surface area contributed by atoms with Gasteiger partial charge in [0.15, 0.2) is 5.96 Å². The fourth-order valence-electron chi connectivity index (χ4n) is 7.40. The second kappa shape index (κ2) is 27.0. The van der Waals surface area contributed by atoms with E-state index in [-0.39, 0.29) is 62.9 Å². The molecule has 7 amide bonds. The number of nitrogens with zero attached hydrogens (tertiary/aromatic N) is 3. The lowest BCUT2D eigenvalue weighted by Gasteiger charge is -2.32. The number of aromatic hydroxyl groups is 1. The third kappa shape index (κ3) is 17.2. The fraction of sp³-hybridized carbons (Fsp3) is 0.591. The van der Waals surface area contributed by atoms with Crippen molar-refractivity contribution in [2.75, 3.05) is 26.7 Å². The minimum Gasteiger partial charge on any atom is -0.508 e. The number of benzene rings is 1. The minimum absolute atomic E-state index is 0.0380. The summed E-state index contributed by atoms with van der Waals surface area (Å²) in [6, 6.07) is -2.40. The number of H-pyrrole nitrogens is 1. The van der Waals surface area contributed by atoms with Crippen LogP contribution in [0.1, 0.15) is 84.4 Å². The number of likely N-dealkylation sites (tertiary alicyclic amines) is 1. The Hall–Kier alpha value is -6.78. The Kier molecular flexibility index (Phi) is 22.0. The summed E-state index contributed by atoms with van der Waals surface area (Å²) >= 11 is 0. The van der Waals surface area contributed by atoms with Gasteiger partial charge in [-0.2, -0.15) is 0 Å². The number of amides is 7. The van der Waals surface area contributed by atoms with Gasteiger partial charge in [0.05, 0.1) is 12.9 Å². The predicted molar refractivity (Wildman–Crippen MR) is 246 cm³/mol. The van der Waals surface area contributed by atoms with E-state index in [1.807, 2.05) is 0 Å². The number of carbonyl (C=O) groups excluding carboxylic acids is 7. The Morgan fingerprint density at radius 2 is 1.46 bits per heavy atom.